The predicted octanol–water partition coefficient (Wildman–Crippen LogP) is 5.13. The van der Waals surface area contributed by atoms with Crippen LogP contribution in [0.1, 0.15) is 30.1 Å². The maximum atomic E-state index is 11.0. The van der Waals surface area contributed by atoms with Crippen LogP contribution in [0.5, 0.6) is 0 Å². The number of carbonyl (C=O) groups excluding carboxylic acids is 1. The molecule has 1 aliphatic rings. The van der Waals surface area contributed by atoms with E-state index >= 15 is 0 Å². The molecule has 0 spiro atoms. The van der Waals surface area contributed by atoms with Crippen molar-refractivity contribution in [2.24, 2.45) is 5.73 Å². The second kappa shape index (κ2) is 6.19. The van der Waals surface area contributed by atoms with Crippen molar-refractivity contribution < 1.29 is 9.53 Å². The van der Waals surface area contributed by atoms with Gasteiger partial charge >= 0.3 is 6.09 Å². The van der Waals surface area contributed by atoms with Crippen LogP contribution in [-0.2, 0) is 11.2 Å². The van der Waals surface area contributed by atoms with Gasteiger partial charge in [0.1, 0.15) is 6.10 Å². The quantitative estimate of drug-likeness (QED) is 0.826. The molecule has 0 radical (unpaired) electrons. The van der Waals surface area contributed by atoms with E-state index in [0.717, 1.165) is 36.0 Å². The van der Waals surface area contributed by atoms with Crippen molar-refractivity contribution in [3.63, 3.8) is 0 Å². The molecular weight excluding hydrogens is 321 g/mol. The third-order valence-electron chi connectivity index (χ3n) is 3.91. The van der Waals surface area contributed by atoms with Crippen molar-refractivity contribution in [3.05, 3.63) is 57.6 Å². The van der Waals surface area contributed by atoms with E-state index in [1.807, 2.05) is 24.3 Å². The number of hydrogen-bond donors (Lipinski definition) is 1. The van der Waals surface area contributed by atoms with Gasteiger partial charge < -0.3 is 10.5 Å². The first-order valence-electron chi connectivity index (χ1n) is 7.09. The van der Waals surface area contributed by atoms with Crippen LogP contribution in [0.2, 0.25) is 10.0 Å². The summed E-state index contributed by atoms with van der Waals surface area (Å²) in [5.41, 5.74) is 9.44. The molecule has 2 aromatic carbocycles. The molecule has 22 heavy (non-hydrogen) atoms. The Kier molecular flexibility index (Phi) is 4.27. The fourth-order valence-electron chi connectivity index (χ4n) is 2.89. The van der Waals surface area contributed by atoms with E-state index in [9.17, 15) is 4.79 Å². The lowest BCUT2D eigenvalue weighted by atomic mass is 9.87. The summed E-state index contributed by atoms with van der Waals surface area (Å²) in [5, 5.41) is 1.07. The van der Waals surface area contributed by atoms with E-state index in [0.29, 0.717) is 10.0 Å². The molecule has 1 amide bonds. The Hall–Kier alpha value is -1.71. The Morgan fingerprint density at radius 1 is 1.09 bits per heavy atom. The Balaban J connectivity index is 1.96. The topological polar surface area (TPSA) is 52.3 Å². The van der Waals surface area contributed by atoms with Crippen molar-refractivity contribution in [2.45, 2.75) is 25.4 Å². The van der Waals surface area contributed by atoms with E-state index in [1.165, 1.54) is 5.56 Å². The molecule has 5 heteroatoms. The van der Waals surface area contributed by atoms with Gasteiger partial charge in [-0.1, -0.05) is 47.5 Å². The maximum absolute atomic E-state index is 11.0. The van der Waals surface area contributed by atoms with Gasteiger partial charge in [0.25, 0.3) is 0 Å². The summed E-state index contributed by atoms with van der Waals surface area (Å²) < 4.78 is 5.20. The Labute approximate surface area is 139 Å². The first kappa shape index (κ1) is 15.2. The summed E-state index contributed by atoms with van der Waals surface area (Å²) in [7, 11) is 0. The number of ether oxygens (including phenoxy) is 1. The summed E-state index contributed by atoms with van der Waals surface area (Å²) in [6.07, 6.45) is 1.76. The first-order valence-corrected chi connectivity index (χ1v) is 7.84. The van der Waals surface area contributed by atoms with Crippen LogP contribution in [0.3, 0.4) is 0 Å². The van der Waals surface area contributed by atoms with Gasteiger partial charge in [-0.05, 0) is 53.6 Å². The van der Waals surface area contributed by atoms with Gasteiger partial charge in [0.2, 0.25) is 0 Å². The average molecular weight is 336 g/mol. The molecule has 0 saturated heterocycles. The average Bonchev–Trinajstić information content (AvgIpc) is 2.49. The molecule has 114 valence electrons. The lowest BCUT2D eigenvalue weighted by molar-refractivity contribution is 0.0959. The van der Waals surface area contributed by atoms with E-state index in [-0.39, 0.29) is 6.10 Å². The van der Waals surface area contributed by atoms with Crippen LogP contribution < -0.4 is 5.73 Å². The van der Waals surface area contributed by atoms with Gasteiger partial charge in [-0.25, -0.2) is 4.79 Å². The van der Waals surface area contributed by atoms with E-state index in [4.69, 9.17) is 33.7 Å². The molecule has 0 saturated carbocycles. The van der Waals surface area contributed by atoms with Crippen LogP contribution in [0.15, 0.2) is 36.4 Å². The van der Waals surface area contributed by atoms with Crippen molar-refractivity contribution in [1.29, 1.82) is 0 Å². The minimum Gasteiger partial charge on any atom is -0.442 e. The zero-order valence-corrected chi connectivity index (χ0v) is 13.3. The fraction of sp³-hybridized carbons (Fsp3) is 0.235. The standard InChI is InChI=1S/C17H15Cl2NO2/c18-14-7-5-11(9-15(14)19)10-4-6-13-12(8-10)2-1-3-16(13)22-17(20)21/h4-9,16H,1-3H2,(H2,20,21). The first-order chi connectivity index (χ1) is 10.5. The summed E-state index contributed by atoms with van der Waals surface area (Å²) in [6.45, 7) is 0. The van der Waals surface area contributed by atoms with E-state index in [1.54, 1.807) is 6.07 Å². The largest absolute Gasteiger partial charge is 0.442 e. The second-order valence-electron chi connectivity index (χ2n) is 5.36. The molecule has 0 aromatic heterocycles. The van der Waals surface area contributed by atoms with Crippen LogP contribution in [0, 0.1) is 0 Å². The zero-order valence-electron chi connectivity index (χ0n) is 11.8. The lowest BCUT2D eigenvalue weighted by Crippen LogP contribution is -2.20. The van der Waals surface area contributed by atoms with Crippen molar-refractivity contribution in [3.8, 4) is 11.1 Å². The highest BCUT2D eigenvalue weighted by Gasteiger charge is 2.23. The number of aryl methyl sites for hydroxylation is 1. The van der Waals surface area contributed by atoms with Crippen molar-refractivity contribution in [2.75, 3.05) is 0 Å². The second-order valence-corrected chi connectivity index (χ2v) is 6.17. The normalized spacial score (nSPS) is 16.9. The van der Waals surface area contributed by atoms with Gasteiger partial charge in [-0.15, -0.1) is 0 Å². The van der Waals surface area contributed by atoms with E-state index < -0.39 is 6.09 Å². The number of rotatable bonds is 2. The number of hydrogen-bond acceptors (Lipinski definition) is 2. The smallest absolute Gasteiger partial charge is 0.405 e. The van der Waals surface area contributed by atoms with Crippen LogP contribution in [0.4, 0.5) is 4.79 Å². The minimum absolute atomic E-state index is 0.246. The maximum Gasteiger partial charge on any atom is 0.405 e. The van der Waals surface area contributed by atoms with Crippen LogP contribution in [0.25, 0.3) is 11.1 Å². The van der Waals surface area contributed by atoms with Gasteiger partial charge in [-0.3, -0.25) is 0 Å². The molecule has 3 nitrogen and oxygen atoms in total. The van der Waals surface area contributed by atoms with Gasteiger partial charge in [0.05, 0.1) is 10.0 Å². The highest BCUT2D eigenvalue weighted by Crippen LogP contribution is 2.36. The van der Waals surface area contributed by atoms with Crippen LogP contribution >= 0.6 is 23.2 Å². The SMILES string of the molecule is NC(=O)OC1CCCc2cc(-c3ccc(Cl)c(Cl)c3)ccc21. The summed E-state index contributed by atoms with van der Waals surface area (Å²) in [4.78, 5) is 11.0. The monoisotopic (exact) mass is 335 g/mol. The molecule has 1 unspecified atom stereocenters. The Morgan fingerprint density at radius 3 is 2.55 bits per heavy atom. The summed E-state index contributed by atoms with van der Waals surface area (Å²) >= 11 is 12.0. The Bertz CT molecular complexity index is 731. The molecular formula is C17H15Cl2NO2. The molecule has 0 aliphatic heterocycles. The molecule has 2 aromatic rings. The molecule has 1 atom stereocenters. The van der Waals surface area contributed by atoms with E-state index in [2.05, 4.69) is 6.07 Å². The number of amides is 1. The molecule has 1 aliphatic carbocycles. The molecule has 3 rings (SSSR count). The number of nitrogens with two attached hydrogens (primary N) is 1. The number of carbonyl (C=O) groups is 1. The highest BCUT2D eigenvalue weighted by molar-refractivity contribution is 6.42. The predicted molar refractivity (Wildman–Crippen MR) is 88.2 cm³/mol. The number of primary amides is 1. The third-order valence-corrected chi connectivity index (χ3v) is 4.65. The molecule has 0 bridgehead atoms. The zero-order chi connectivity index (χ0) is 15.7. The van der Waals surface area contributed by atoms with Crippen molar-refractivity contribution in [1.82, 2.24) is 0 Å². The molecule has 2 N–H and O–H groups in total. The Morgan fingerprint density at radius 2 is 1.82 bits per heavy atom. The molecule has 0 heterocycles. The number of halogens is 2. The minimum atomic E-state index is -0.730. The lowest BCUT2D eigenvalue weighted by Gasteiger charge is -2.25. The van der Waals surface area contributed by atoms with Crippen molar-refractivity contribution >= 4 is 29.3 Å². The van der Waals surface area contributed by atoms with Crippen LogP contribution in [-0.4, -0.2) is 6.09 Å². The van der Waals surface area contributed by atoms with Gasteiger partial charge in [0, 0.05) is 0 Å². The van der Waals surface area contributed by atoms with Gasteiger partial charge in [0.15, 0.2) is 0 Å². The highest BCUT2D eigenvalue weighted by atomic mass is 35.5. The third kappa shape index (κ3) is 3.06. The fourth-order valence-corrected chi connectivity index (χ4v) is 3.19. The summed E-state index contributed by atoms with van der Waals surface area (Å²) in [6, 6.07) is 11.7. The number of benzene rings is 2. The summed E-state index contributed by atoms with van der Waals surface area (Å²) in [5.74, 6) is 0. The van der Waals surface area contributed by atoms with Gasteiger partial charge in [-0.2, -0.15) is 0 Å². The molecule has 0 fully saturated rings. The number of fused-ring (bicyclic) bond motifs is 1.